The zero-order valence-corrected chi connectivity index (χ0v) is 72.2. The Morgan fingerprint density at radius 3 is 0.810 bits per heavy atom. The monoisotopic (exact) mass is 1380 g/mol. The SMILES string of the molecule is CC.CC.CC.CC.CC.CC.CC.CC.CC.CC.CC.CC.CC.CC.CC.Cc1ccccc1-c1cccc[n+]1C.Cc1ccncc1-c1cccc[n+]1C.Cc1cnccc1-c1cccc[n+]1C.Cc1ncccc1-c1cccc[n+]1C.Cc1ncncc1-c1cccc[n+]1C. The summed E-state index contributed by atoms with van der Waals surface area (Å²) >= 11 is 0. The van der Waals surface area contributed by atoms with E-state index >= 15 is 0 Å². The van der Waals surface area contributed by atoms with E-state index < -0.39 is 0 Å². The lowest BCUT2D eigenvalue weighted by atomic mass is 10.1. The van der Waals surface area contributed by atoms with Gasteiger partial charge in [0.25, 0.3) is 0 Å². The van der Waals surface area contributed by atoms with E-state index in [1.54, 1.807) is 6.33 Å². The van der Waals surface area contributed by atoms with Crippen molar-refractivity contribution in [2.24, 2.45) is 35.2 Å². The number of pyridine rings is 8. The van der Waals surface area contributed by atoms with Crippen LogP contribution in [0.4, 0.5) is 0 Å². The average Bonchev–Trinajstić information content (AvgIpc) is 0.883. The van der Waals surface area contributed by atoms with Crippen LogP contribution in [0.3, 0.4) is 0 Å². The van der Waals surface area contributed by atoms with Gasteiger partial charge in [0.1, 0.15) is 41.6 Å². The van der Waals surface area contributed by atoms with Crippen LogP contribution < -0.4 is 22.8 Å². The maximum Gasteiger partial charge on any atom is 0.215 e. The highest BCUT2D eigenvalue weighted by atomic mass is 14.9. The van der Waals surface area contributed by atoms with Gasteiger partial charge in [0.05, 0.1) is 33.6 Å². The molecule has 0 aliphatic heterocycles. The molecule has 10 nitrogen and oxygen atoms in total. The Labute approximate surface area is 620 Å². The van der Waals surface area contributed by atoms with E-state index in [0.717, 1.165) is 22.6 Å². The molecule has 0 aliphatic rings. The molecule has 0 amide bonds. The number of hydrogen-bond donors (Lipinski definition) is 0. The van der Waals surface area contributed by atoms with Crippen LogP contribution in [-0.4, -0.2) is 24.9 Å². The number of aryl methyl sites for hydroxylation is 10. The van der Waals surface area contributed by atoms with E-state index in [0.29, 0.717) is 0 Å². The number of rotatable bonds is 5. The summed E-state index contributed by atoms with van der Waals surface area (Å²) in [5.74, 6) is 0. The van der Waals surface area contributed by atoms with Crippen molar-refractivity contribution in [1.29, 1.82) is 0 Å². The first kappa shape index (κ1) is 113. The van der Waals surface area contributed by atoms with Crippen LogP contribution >= 0.6 is 0 Å². The van der Waals surface area contributed by atoms with E-state index in [1.165, 1.54) is 61.7 Å². The van der Waals surface area contributed by atoms with Gasteiger partial charge in [-0.05, 0) is 112 Å². The molecule has 0 atom stereocenters. The lowest BCUT2D eigenvalue weighted by molar-refractivity contribution is -0.660. The van der Waals surface area contributed by atoms with Gasteiger partial charge in [0, 0.05) is 103 Å². The van der Waals surface area contributed by atoms with E-state index in [4.69, 9.17) is 0 Å². The molecule has 10 aromatic rings. The van der Waals surface area contributed by atoms with Crippen LogP contribution in [0.5, 0.6) is 0 Å². The Balaban J connectivity index is -0.000000115. The minimum atomic E-state index is 1.00. The molecule has 0 radical (unpaired) electrons. The molecule has 9 aromatic heterocycles. The molecule has 560 valence electrons. The Kier molecular flexibility index (Phi) is 97.7. The average molecular weight is 1380 g/mol. The summed E-state index contributed by atoms with van der Waals surface area (Å²) in [6, 6.07) is 47.5. The first-order valence-electron chi connectivity index (χ1n) is 38.2. The predicted molar refractivity (Wildman–Crippen MR) is 448 cm³/mol. The molecule has 1 aromatic carbocycles. The second-order valence-electron chi connectivity index (χ2n) is 16.8. The molecule has 10 heteroatoms. The molecule has 0 fully saturated rings. The fourth-order valence-corrected chi connectivity index (χ4v) is 7.77. The van der Waals surface area contributed by atoms with Gasteiger partial charge < -0.3 is 0 Å². The van der Waals surface area contributed by atoms with E-state index in [1.807, 2.05) is 365 Å². The van der Waals surface area contributed by atoms with Crippen molar-refractivity contribution in [2.45, 2.75) is 242 Å². The fraction of sp³-hybridized carbons (Fsp3) is 0.444. The number of nitrogens with zero attached hydrogens (tertiary/aromatic N) is 10. The van der Waals surface area contributed by atoms with E-state index in [9.17, 15) is 0 Å². The first-order valence-corrected chi connectivity index (χ1v) is 38.2. The zero-order chi connectivity index (χ0) is 79.8. The van der Waals surface area contributed by atoms with Crippen LogP contribution in [0.2, 0.25) is 0 Å². The molecule has 9 heterocycles. The van der Waals surface area contributed by atoms with Crippen molar-refractivity contribution in [2.75, 3.05) is 0 Å². The molecular formula is C90H155N10+5. The highest BCUT2D eigenvalue weighted by Gasteiger charge is 2.14. The van der Waals surface area contributed by atoms with Gasteiger partial charge in [-0.3, -0.25) is 15.0 Å². The Morgan fingerprint density at radius 2 is 0.480 bits per heavy atom. The van der Waals surface area contributed by atoms with Crippen molar-refractivity contribution >= 4 is 0 Å². The quantitative estimate of drug-likeness (QED) is 0.160. The third kappa shape index (κ3) is 47.5. The van der Waals surface area contributed by atoms with Gasteiger partial charge in [0.2, 0.25) is 28.5 Å². The summed E-state index contributed by atoms with van der Waals surface area (Å²) in [5.41, 5.74) is 17.8. The molecule has 0 N–H and O–H groups in total. The molecule has 0 saturated heterocycles. The highest BCUT2D eigenvalue weighted by Crippen LogP contribution is 2.21. The van der Waals surface area contributed by atoms with Gasteiger partial charge in [-0.25, -0.2) is 32.8 Å². The van der Waals surface area contributed by atoms with E-state index in [-0.39, 0.29) is 0 Å². The van der Waals surface area contributed by atoms with Crippen molar-refractivity contribution in [3.63, 3.8) is 0 Å². The molecule has 0 saturated carbocycles. The standard InChI is InChI=1S/C13H14N.3C12H13N2.C11H12N3.15C2H6/c1-11-7-3-4-8-12(11)13-9-5-6-10-14(13)2;1-10-11(6-5-8-13-10)12-7-3-4-9-14(12)2;1-10-9-13-7-6-11(10)12-5-3-4-8-14(12)2;1-10-6-7-13-9-11(10)12-5-3-4-8-14(12)2;1-9-10(7-12-8-13-9)11-5-3-4-6-14(11)2;15*1-2/h3-10H,1-2H3;3*3-9H,1-2H3;3-8H,1-2H3;15*1-2H3/q5*+1;;;;;;;;;;;;;;;. The third-order valence-corrected chi connectivity index (χ3v) is 11.8. The van der Waals surface area contributed by atoms with Crippen LogP contribution in [-0.2, 0) is 35.2 Å². The number of benzene rings is 1. The minimum Gasteiger partial charge on any atom is -0.264 e. The Hall–Kier alpha value is -8.50. The molecule has 0 unspecified atom stereocenters. The number of hydrogen-bond acceptors (Lipinski definition) is 5. The van der Waals surface area contributed by atoms with Gasteiger partial charge in [-0.15, -0.1) is 0 Å². The summed E-state index contributed by atoms with van der Waals surface area (Å²) in [4.78, 5) is 20.7. The normalized spacial score (nSPS) is 8.00. The summed E-state index contributed by atoms with van der Waals surface area (Å²) in [6.45, 7) is 70.3. The summed E-state index contributed by atoms with van der Waals surface area (Å²) in [5, 5.41) is 0. The smallest absolute Gasteiger partial charge is 0.215 e. The van der Waals surface area contributed by atoms with Crippen LogP contribution in [0.25, 0.3) is 56.3 Å². The second kappa shape index (κ2) is 86.6. The van der Waals surface area contributed by atoms with Crippen LogP contribution in [0.1, 0.15) is 236 Å². The third-order valence-electron chi connectivity index (χ3n) is 11.8. The minimum absolute atomic E-state index is 1.00. The fourth-order valence-electron chi connectivity index (χ4n) is 7.77. The van der Waals surface area contributed by atoms with Crippen LogP contribution in [0.15, 0.2) is 214 Å². The maximum atomic E-state index is 4.28. The lowest BCUT2D eigenvalue weighted by Crippen LogP contribution is -2.30. The first-order chi connectivity index (χ1) is 48.9. The van der Waals surface area contributed by atoms with Crippen molar-refractivity contribution in [3.8, 4) is 56.3 Å². The Bertz CT molecular complexity index is 2540. The van der Waals surface area contributed by atoms with Gasteiger partial charge in [0.15, 0.2) is 31.0 Å². The second-order valence-corrected chi connectivity index (χ2v) is 16.8. The van der Waals surface area contributed by atoms with Crippen LogP contribution in [0, 0.1) is 34.6 Å². The molecular weight excluding hydrogens is 1220 g/mol. The summed E-state index contributed by atoms with van der Waals surface area (Å²) in [7, 11) is 10.2. The predicted octanol–water partition coefficient (Wildman–Crippen LogP) is 24.8. The zero-order valence-electron chi connectivity index (χ0n) is 72.2. The lowest BCUT2D eigenvalue weighted by Gasteiger charge is -2.02. The Morgan fingerprint density at radius 1 is 0.210 bits per heavy atom. The summed E-state index contributed by atoms with van der Waals surface area (Å²) in [6.07, 6.45) is 22.9. The molecule has 0 aliphatic carbocycles. The topological polar surface area (TPSA) is 83.9 Å². The summed E-state index contributed by atoms with van der Waals surface area (Å²) < 4.78 is 10.5. The molecule has 0 bridgehead atoms. The molecule has 100 heavy (non-hydrogen) atoms. The largest absolute Gasteiger partial charge is 0.264 e. The van der Waals surface area contributed by atoms with E-state index in [2.05, 4.69) is 168 Å². The highest BCUT2D eigenvalue weighted by molar-refractivity contribution is 5.62. The van der Waals surface area contributed by atoms with Gasteiger partial charge in [-0.1, -0.05) is 226 Å². The molecule has 10 rings (SSSR count). The maximum absolute atomic E-state index is 4.28. The van der Waals surface area contributed by atoms with Crippen molar-refractivity contribution in [1.82, 2.24) is 24.9 Å². The van der Waals surface area contributed by atoms with Crippen molar-refractivity contribution in [3.05, 3.63) is 242 Å². The van der Waals surface area contributed by atoms with Gasteiger partial charge >= 0.3 is 0 Å². The number of aromatic nitrogens is 10. The van der Waals surface area contributed by atoms with Crippen molar-refractivity contribution < 1.29 is 22.8 Å². The van der Waals surface area contributed by atoms with Gasteiger partial charge in [-0.2, -0.15) is 0 Å². The molecule has 0 spiro atoms.